The number of benzene rings is 3. The summed E-state index contributed by atoms with van der Waals surface area (Å²) in [6, 6.07) is 15.8. The van der Waals surface area contributed by atoms with E-state index in [1.54, 1.807) is 42.5 Å². The Balaban J connectivity index is 2.10. The number of carbonyl (C=O) groups excluding carboxylic acids is 2. The van der Waals surface area contributed by atoms with Crippen LogP contribution in [0.1, 0.15) is 49.4 Å². The predicted octanol–water partition coefficient (Wildman–Crippen LogP) is 6.45. The minimum absolute atomic E-state index is 0.0328. The van der Waals surface area contributed by atoms with Gasteiger partial charge in [0.1, 0.15) is 12.6 Å². The lowest BCUT2D eigenvalue weighted by molar-refractivity contribution is -0.140. The van der Waals surface area contributed by atoms with E-state index in [0.29, 0.717) is 27.7 Å². The molecule has 0 radical (unpaired) electrons. The van der Waals surface area contributed by atoms with Crippen LogP contribution in [-0.4, -0.2) is 43.8 Å². The average molecular weight is 619 g/mol. The third kappa shape index (κ3) is 8.03. The van der Waals surface area contributed by atoms with E-state index in [4.69, 9.17) is 23.2 Å². The van der Waals surface area contributed by atoms with Gasteiger partial charge in [0, 0.05) is 12.6 Å². The van der Waals surface area contributed by atoms with Crippen LogP contribution in [-0.2, 0) is 26.2 Å². The van der Waals surface area contributed by atoms with Crippen molar-refractivity contribution < 1.29 is 18.0 Å². The number of aryl methyl sites for hydroxylation is 3. The van der Waals surface area contributed by atoms with Gasteiger partial charge in [0.15, 0.2) is 0 Å². The molecule has 1 N–H and O–H groups in total. The molecule has 3 aromatic rings. The van der Waals surface area contributed by atoms with Crippen LogP contribution in [0.3, 0.4) is 0 Å². The van der Waals surface area contributed by atoms with Crippen LogP contribution in [0.2, 0.25) is 10.0 Å². The van der Waals surface area contributed by atoms with Gasteiger partial charge in [0.2, 0.25) is 11.8 Å². The van der Waals surface area contributed by atoms with Gasteiger partial charge in [-0.05, 0) is 94.1 Å². The van der Waals surface area contributed by atoms with Crippen molar-refractivity contribution in [1.29, 1.82) is 0 Å². The molecular formula is C31H37Cl2N3O4S. The molecule has 0 aromatic heterocycles. The summed E-state index contributed by atoms with van der Waals surface area (Å²) in [7, 11) is -4.14. The third-order valence-electron chi connectivity index (χ3n) is 6.82. The highest BCUT2D eigenvalue weighted by Gasteiger charge is 2.34. The van der Waals surface area contributed by atoms with Crippen molar-refractivity contribution in [2.75, 3.05) is 10.8 Å². The fourth-order valence-corrected chi connectivity index (χ4v) is 6.11. The van der Waals surface area contributed by atoms with E-state index in [1.165, 1.54) is 17.0 Å². The summed E-state index contributed by atoms with van der Waals surface area (Å²) in [5, 5.41) is 3.56. The number of anilines is 1. The molecule has 0 bridgehead atoms. The van der Waals surface area contributed by atoms with Gasteiger partial charge in [-0.15, -0.1) is 0 Å². The number of carbonyl (C=O) groups is 2. The Morgan fingerprint density at radius 1 is 0.878 bits per heavy atom. The molecule has 0 aliphatic rings. The monoisotopic (exact) mass is 617 g/mol. The maximum atomic E-state index is 14.1. The van der Waals surface area contributed by atoms with Crippen LogP contribution < -0.4 is 9.62 Å². The van der Waals surface area contributed by atoms with Crippen LogP contribution in [0, 0.1) is 20.8 Å². The molecule has 220 valence electrons. The van der Waals surface area contributed by atoms with Crippen molar-refractivity contribution in [2.45, 2.75) is 71.5 Å². The lowest BCUT2D eigenvalue weighted by Gasteiger charge is -2.33. The number of halogens is 2. The highest BCUT2D eigenvalue weighted by Crippen LogP contribution is 2.28. The molecule has 0 saturated carbocycles. The van der Waals surface area contributed by atoms with Gasteiger partial charge in [0.05, 0.1) is 20.6 Å². The number of nitrogens with zero attached hydrogens (tertiary/aromatic N) is 2. The molecule has 10 heteroatoms. The second-order valence-corrected chi connectivity index (χ2v) is 13.1. The zero-order chi connectivity index (χ0) is 30.5. The van der Waals surface area contributed by atoms with Gasteiger partial charge in [-0.2, -0.15) is 0 Å². The maximum absolute atomic E-state index is 14.1. The van der Waals surface area contributed by atoms with E-state index in [0.717, 1.165) is 21.0 Å². The third-order valence-corrected chi connectivity index (χ3v) is 9.35. The summed E-state index contributed by atoms with van der Waals surface area (Å²) in [4.78, 5) is 28.9. The lowest BCUT2D eigenvalue weighted by Crippen LogP contribution is -2.53. The van der Waals surface area contributed by atoms with E-state index in [9.17, 15) is 18.0 Å². The SMILES string of the molecule is CC[C@H](C(=O)NC(C)C)N(Cc1ccc(Cl)c(Cl)c1)C(=O)CN(c1ccc(C)c(C)c1)S(=O)(=O)c1ccc(C)cc1. The molecule has 0 spiro atoms. The van der Waals surface area contributed by atoms with Crippen LogP contribution >= 0.6 is 23.2 Å². The highest BCUT2D eigenvalue weighted by atomic mass is 35.5. The molecule has 41 heavy (non-hydrogen) atoms. The summed E-state index contributed by atoms with van der Waals surface area (Å²) in [6.45, 7) is 10.7. The number of hydrogen-bond donors (Lipinski definition) is 1. The molecule has 0 aliphatic carbocycles. The first kappa shape index (κ1) is 32.4. The topological polar surface area (TPSA) is 86.8 Å². The Labute approximate surface area is 253 Å². The second kappa shape index (κ2) is 13.7. The number of rotatable bonds is 11. The molecule has 1 atom stereocenters. The highest BCUT2D eigenvalue weighted by molar-refractivity contribution is 7.92. The van der Waals surface area contributed by atoms with E-state index < -0.39 is 28.5 Å². The summed E-state index contributed by atoms with van der Waals surface area (Å²) < 4.78 is 29.1. The Hall–Kier alpha value is -3.07. The van der Waals surface area contributed by atoms with Gasteiger partial charge >= 0.3 is 0 Å². The van der Waals surface area contributed by atoms with Crippen molar-refractivity contribution >= 4 is 50.7 Å². The predicted molar refractivity (Wildman–Crippen MR) is 166 cm³/mol. The Bertz CT molecular complexity index is 1510. The van der Waals surface area contributed by atoms with Crippen LogP contribution in [0.5, 0.6) is 0 Å². The zero-order valence-corrected chi connectivity index (χ0v) is 26.6. The van der Waals surface area contributed by atoms with Gasteiger partial charge in [-0.3, -0.25) is 13.9 Å². The fourth-order valence-electron chi connectivity index (χ4n) is 4.38. The number of nitrogens with one attached hydrogen (secondary N) is 1. The second-order valence-electron chi connectivity index (χ2n) is 10.5. The van der Waals surface area contributed by atoms with Crippen molar-refractivity contribution in [3.8, 4) is 0 Å². The molecule has 0 fully saturated rings. The standard InChI is InChI=1S/C31H37Cl2N3O4S/c1-7-29(31(38)34-20(2)3)35(18-24-11-15-27(32)28(33)17-24)30(37)19-36(25-12-10-22(5)23(6)16-25)41(39,40)26-13-8-21(4)9-14-26/h8-17,20,29H,7,18-19H2,1-6H3,(H,34,38)/t29-/m1/s1. The number of hydrogen-bond acceptors (Lipinski definition) is 4. The minimum atomic E-state index is -4.14. The Kier molecular flexibility index (Phi) is 10.9. The van der Waals surface area contributed by atoms with Gasteiger partial charge in [-0.25, -0.2) is 8.42 Å². The molecule has 2 amide bonds. The molecule has 0 saturated heterocycles. The normalized spacial score (nSPS) is 12.2. The summed E-state index contributed by atoms with van der Waals surface area (Å²) in [6.07, 6.45) is 0.319. The van der Waals surface area contributed by atoms with Crippen molar-refractivity contribution in [3.05, 3.63) is 93.0 Å². The smallest absolute Gasteiger partial charge is 0.264 e. The molecule has 7 nitrogen and oxygen atoms in total. The van der Waals surface area contributed by atoms with Gasteiger partial charge in [0.25, 0.3) is 10.0 Å². The van der Waals surface area contributed by atoms with Crippen molar-refractivity contribution in [3.63, 3.8) is 0 Å². The summed E-state index contributed by atoms with van der Waals surface area (Å²) in [5.41, 5.74) is 3.80. The quantitative estimate of drug-likeness (QED) is 0.268. The van der Waals surface area contributed by atoms with E-state index in [1.807, 2.05) is 47.6 Å². The lowest BCUT2D eigenvalue weighted by atomic mass is 10.1. The van der Waals surface area contributed by atoms with E-state index in [-0.39, 0.29) is 23.4 Å². The summed E-state index contributed by atoms with van der Waals surface area (Å²) in [5.74, 6) is -0.856. The first-order chi connectivity index (χ1) is 19.2. The van der Waals surface area contributed by atoms with Crippen LogP contribution in [0.25, 0.3) is 0 Å². The number of sulfonamides is 1. The van der Waals surface area contributed by atoms with Crippen LogP contribution in [0.4, 0.5) is 5.69 Å². The van der Waals surface area contributed by atoms with Crippen molar-refractivity contribution in [2.24, 2.45) is 0 Å². The largest absolute Gasteiger partial charge is 0.352 e. The van der Waals surface area contributed by atoms with Gasteiger partial charge < -0.3 is 10.2 Å². The number of amides is 2. The molecule has 3 aromatic carbocycles. The molecule has 0 heterocycles. The van der Waals surface area contributed by atoms with Crippen LogP contribution in [0.15, 0.2) is 65.6 Å². The molecule has 3 rings (SSSR count). The van der Waals surface area contributed by atoms with E-state index >= 15 is 0 Å². The average Bonchev–Trinajstić information content (AvgIpc) is 2.90. The van der Waals surface area contributed by atoms with E-state index in [2.05, 4.69) is 5.32 Å². The minimum Gasteiger partial charge on any atom is -0.352 e. The maximum Gasteiger partial charge on any atom is 0.264 e. The zero-order valence-electron chi connectivity index (χ0n) is 24.2. The molecular weight excluding hydrogens is 581 g/mol. The first-order valence-corrected chi connectivity index (χ1v) is 15.6. The summed E-state index contributed by atoms with van der Waals surface area (Å²) >= 11 is 12.4. The fraction of sp³-hybridized carbons (Fsp3) is 0.355. The Morgan fingerprint density at radius 3 is 2.10 bits per heavy atom. The molecule has 0 aliphatic heterocycles. The van der Waals surface area contributed by atoms with Crippen molar-refractivity contribution in [1.82, 2.24) is 10.2 Å². The first-order valence-electron chi connectivity index (χ1n) is 13.4. The Morgan fingerprint density at radius 2 is 1.54 bits per heavy atom. The van der Waals surface area contributed by atoms with Gasteiger partial charge in [-0.1, -0.05) is 60.0 Å². The molecule has 0 unspecified atom stereocenters.